The highest BCUT2D eigenvalue weighted by molar-refractivity contribution is 7.80. The second-order valence-electron chi connectivity index (χ2n) is 7.38. The van der Waals surface area contributed by atoms with Gasteiger partial charge < -0.3 is 14.8 Å². The molecule has 0 aromatic heterocycles. The molecule has 1 aliphatic heterocycles. The Morgan fingerprint density at radius 1 is 1.17 bits per heavy atom. The highest BCUT2D eigenvalue weighted by atomic mass is 32.1. The molecule has 3 rings (SSSR count). The Bertz CT molecular complexity index is 964. The van der Waals surface area contributed by atoms with Gasteiger partial charge in [0.1, 0.15) is 23.8 Å². The van der Waals surface area contributed by atoms with Crippen LogP contribution in [0.2, 0.25) is 0 Å². The minimum atomic E-state index is -0.0856. The first kappa shape index (κ1) is 21.8. The van der Waals surface area contributed by atoms with Crippen LogP contribution in [0.1, 0.15) is 42.0 Å². The molecule has 2 aromatic rings. The number of carbonyl (C=O) groups is 1. The molecule has 6 heteroatoms. The van der Waals surface area contributed by atoms with Crippen LogP contribution in [0.3, 0.4) is 0 Å². The number of rotatable bonds is 8. The summed E-state index contributed by atoms with van der Waals surface area (Å²) in [7, 11) is 1.64. The number of ether oxygens (including phenoxy) is 2. The molecule has 0 unspecified atom stereocenters. The summed E-state index contributed by atoms with van der Waals surface area (Å²) in [5.74, 6) is 1.54. The van der Waals surface area contributed by atoms with Crippen molar-refractivity contribution in [1.29, 1.82) is 0 Å². The Labute approximate surface area is 183 Å². The lowest BCUT2D eigenvalue weighted by atomic mass is 10.1. The highest BCUT2D eigenvalue weighted by Crippen LogP contribution is 2.27. The molecular formula is C24H28N2O3S. The highest BCUT2D eigenvalue weighted by Gasteiger charge is 2.29. The van der Waals surface area contributed by atoms with Crippen LogP contribution in [0, 0.1) is 13.8 Å². The van der Waals surface area contributed by atoms with E-state index < -0.39 is 0 Å². The van der Waals surface area contributed by atoms with Gasteiger partial charge in [-0.2, -0.15) is 0 Å². The molecule has 0 spiro atoms. The van der Waals surface area contributed by atoms with Crippen molar-refractivity contribution in [3.63, 3.8) is 0 Å². The van der Waals surface area contributed by atoms with Crippen molar-refractivity contribution in [1.82, 2.24) is 10.2 Å². The van der Waals surface area contributed by atoms with E-state index in [1.54, 1.807) is 12.0 Å². The zero-order valence-corrected chi connectivity index (χ0v) is 18.8. The summed E-state index contributed by atoms with van der Waals surface area (Å²) in [5, 5.41) is 3.50. The van der Waals surface area contributed by atoms with Crippen molar-refractivity contribution in [2.75, 3.05) is 13.7 Å². The third kappa shape index (κ3) is 4.82. The van der Waals surface area contributed by atoms with Crippen molar-refractivity contribution in [3.05, 3.63) is 64.3 Å². The second-order valence-corrected chi connectivity index (χ2v) is 7.77. The Morgan fingerprint density at radius 3 is 2.57 bits per heavy atom. The van der Waals surface area contributed by atoms with Gasteiger partial charge >= 0.3 is 0 Å². The van der Waals surface area contributed by atoms with Crippen LogP contribution >= 0.6 is 12.2 Å². The number of hydrogen-bond acceptors (Lipinski definition) is 4. The zero-order valence-electron chi connectivity index (χ0n) is 18.0. The number of aryl methyl sites for hydroxylation is 2. The van der Waals surface area contributed by atoms with Crippen molar-refractivity contribution in [2.24, 2.45) is 0 Å². The molecule has 0 radical (unpaired) electrons. The maximum Gasteiger partial charge on any atom is 0.276 e. The van der Waals surface area contributed by atoms with Crippen LogP contribution in [-0.4, -0.2) is 29.6 Å². The molecule has 1 saturated heterocycles. The number of unbranched alkanes of at least 4 members (excludes halogenated alkanes) is 1. The third-order valence-corrected chi connectivity index (χ3v) is 5.42. The monoisotopic (exact) mass is 424 g/mol. The summed E-state index contributed by atoms with van der Waals surface area (Å²) in [4.78, 5) is 14.3. The van der Waals surface area contributed by atoms with Crippen LogP contribution in [0.4, 0.5) is 0 Å². The van der Waals surface area contributed by atoms with E-state index in [1.807, 2.05) is 56.3 Å². The Balaban J connectivity index is 1.82. The van der Waals surface area contributed by atoms with E-state index in [9.17, 15) is 4.79 Å². The summed E-state index contributed by atoms with van der Waals surface area (Å²) in [6.07, 6.45) is 3.75. The fourth-order valence-electron chi connectivity index (χ4n) is 3.44. The maximum absolute atomic E-state index is 12.7. The van der Waals surface area contributed by atoms with Gasteiger partial charge in [-0.15, -0.1) is 0 Å². The first-order valence-corrected chi connectivity index (χ1v) is 10.6. The predicted molar refractivity (Wildman–Crippen MR) is 124 cm³/mol. The number of nitrogens with zero attached hydrogens (tertiary/aromatic N) is 1. The summed E-state index contributed by atoms with van der Waals surface area (Å²) >= 11 is 5.32. The van der Waals surface area contributed by atoms with E-state index in [0.29, 0.717) is 24.0 Å². The molecule has 1 N–H and O–H groups in total. The van der Waals surface area contributed by atoms with Crippen molar-refractivity contribution >= 4 is 29.3 Å². The van der Waals surface area contributed by atoms with Gasteiger partial charge in [0, 0.05) is 12.1 Å². The molecule has 1 aliphatic rings. The molecule has 0 aliphatic carbocycles. The zero-order chi connectivity index (χ0) is 21.7. The second kappa shape index (κ2) is 9.76. The van der Waals surface area contributed by atoms with Gasteiger partial charge in [0.15, 0.2) is 5.11 Å². The predicted octanol–water partition coefficient (Wildman–Crippen LogP) is 4.75. The molecule has 30 heavy (non-hydrogen) atoms. The van der Waals surface area contributed by atoms with Gasteiger partial charge in [0.25, 0.3) is 5.91 Å². The standard InChI is InChI=1S/C24H28N2O3S/c1-5-6-12-26-23(27)20(25-24(26)30)14-18-10-11-21(28-4)19(13-18)15-29-22-16(2)8-7-9-17(22)3/h7-11,13-14H,5-6,12,15H2,1-4H3,(H,25,30)/b20-14+. The van der Waals surface area contributed by atoms with Crippen LogP contribution in [0.25, 0.3) is 6.08 Å². The van der Waals surface area contributed by atoms with Crippen LogP contribution in [0.15, 0.2) is 42.1 Å². The lowest BCUT2D eigenvalue weighted by Gasteiger charge is -2.14. The molecular weight excluding hydrogens is 396 g/mol. The largest absolute Gasteiger partial charge is 0.496 e. The van der Waals surface area contributed by atoms with Crippen LogP contribution < -0.4 is 14.8 Å². The van der Waals surface area contributed by atoms with Crippen LogP contribution in [0.5, 0.6) is 11.5 Å². The van der Waals surface area contributed by atoms with Gasteiger partial charge in [0.05, 0.1) is 7.11 Å². The summed E-state index contributed by atoms with van der Waals surface area (Å²) in [6.45, 7) is 7.16. The molecule has 1 heterocycles. The third-order valence-electron chi connectivity index (χ3n) is 5.09. The Kier molecular flexibility index (Phi) is 7.11. The van der Waals surface area contributed by atoms with E-state index in [4.69, 9.17) is 21.7 Å². The summed E-state index contributed by atoms with van der Waals surface area (Å²) in [6, 6.07) is 11.9. The fraction of sp³-hybridized carbons (Fsp3) is 0.333. The number of carbonyl (C=O) groups excluding carboxylic acids is 1. The van der Waals surface area contributed by atoms with Crippen LogP contribution in [-0.2, 0) is 11.4 Å². The lowest BCUT2D eigenvalue weighted by Crippen LogP contribution is -2.31. The smallest absolute Gasteiger partial charge is 0.276 e. The number of benzene rings is 2. The van der Waals surface area contributed by atoms with Crippen molar-refractivity contribution in [2.45, 2.75) is 40.2 Å². The van der Waals surface area contributed by atoms with E-state index in [2.05, 4.69) is 12.2 Å². The number of nitrogens with one attached hydrogen (secondary N) is 1. The molecule has 5 nitrogen and oxygen atoms in total. The summed E-state index contributed by atoms with van der Waals surface area (Å²) < 4.78 is 11.6. The average molecular weight is 425 g/mol. The topological polar surface area (TPSA) is 50.8 Å². The lowest BCUT2D eigenvalue weighted by molar-refractivity contribution is -0.122. The Morgan fingerprint density at radius 2 is 1.90 bits per heavy atom. The minimum absolute atomic E-state index is 0.0856. The van der Waals surface area contributed by atoms with E-state index in [-0.39, 0.29) is 5.91 Å². The summed E-state index contributed by atoms with van der Waals surface area (Å²) in [5.41, 5.74) is 4.46. The fourth-order valence-corrected chi connectivity index (χ4v) is 3.72. The number of hydrogen-bond donors (Lipinski definition) is 1. The van der Waals surface area contributed by atoms with Gasteiger partial charge in [-0.25, -0.2) is 0 Å². The van der Waals surface area contributed by atoms with Crippen molar-refractivity contribution in [3.8, 4) is 11.5 Å². The molecule has 1 fully saturated rings. The van der Waals surface area contributed by atoms with E-state index >= 15 is 0 Å². The quantitative estimate of drug-likeness (QED) is 0.490. The van der Waals surface area contributed by atoms with Gasteiger partial charge in [0.2, 0.25) is 0 Å². The number of amides is 1. The normalized spacial score (nSPS) is 14.9. The van der Waals surface area contributed by atoms with Crippen molar-refractivity contribution < 1.29 is 14.3 Å². The average Bonchev–Trinajstić information content (AvgIpc) is 2.99. The van der Waals surface area contributed by atoms with E-state index in [0.717, 1.165) is 46.6 Å². The van der Waals surface area contributed by atoms with Gasteiger partial charge in [-0.3, -0.25) is 9.69 Å². The minimum Gasteiger partial charge on any atom is -0.496 e. The molecule has 1 amide bonds. The number of thiocarbonyl (C=S) groups is 1. The Hall–Kier alpha value is -2.86. The molecule has 0 bridgehead atoms. The molecule has 2 aromatic carbocycles. The van der Waals surface area contributed by atoms with E-state index in [1.165, 1.54) is 0 Å². The first-order valence-electron chi connectivity index (χ1n) is 10.1. The maximum atomic E-state index is 12.7. The number of methoxy groups -OCH3 is 1. The molecule has 0 saturated carbocycles. The SMILES string of the molecule is CCCCN1C(=O)/C(=C\c2ccc(OC)c(COc3c(C)cccc3C)c2)NC1=S. The van der Waals surface area contributed by atoms with Gasteiger partial charge in [-0.05, 0) is 67.4 Å². The van der Waals surface area contributed by atoms with Gasteiger partial charge in [-0.1, -0.05) is 37.6 Å². The number of para-hydroxylation sites is 1. The molecule has 158 valence electrons. The molecule has 0 atom stereocenters. The first-order chi connectivity index (χ1) is 14.4.